The molecule has 1 atom stereocenters. The highest BCUT2D eigenvalue weighted by molar-refractivity contribution is 5.62. The highest BCUT2D eigenvalue weighted by atomic mass is 16.3. The molecule has 1 heterocycles. The van der Waals surface area contributed by atoms with E-state index in [2.05, 4.69) is 11.4 Å². The maximum absolute atomic E-state index is 9.71. The molecule has 0 amide bonds. The summed E-state index contributed by atoms with van der Waals surface area (Å²) < 4.78 is 0. The van der Waals surface area contributed by atoms with Gasteiger partial charge < -0.3 is 16.2 Å². The minimum absolute atomic E-state index is 0.362. The van der Waals surface area contributed by atoms with Crippen LogP contribution in [0.5, 0.6) is 5.75 Å². The van der Waals surface area contributed by atoms with Crippen LogP contribution >= 0.6 is 0 Å². The molecule has 0 fully saturated rings. The zero-order valence-corrected chi connectivity index (χ0v) is 8.87. The molecule has 3 heteroatoms. The number of rotatable bonds is 2. The number of phenols is 1. The van der Waals surface area contributed by atoms with Crippen molar-refractivity contribution in [2.75, 3.05) is 18.4 Å². The predicted molar refractivity (Wildman–Crippen MR) is 62.1 cm³/mol. The van der Waals surface area contributed by atoms with Gasteiger partial charge in [0.05, 0.1) is 5.69 Å². The summed E-state index contributed by atoms with van der Waals surface area (Å²) in [5, 5.41) is 13.0. The van der Waals surface area contributed by atoms with Gasteiger partial charge in [-0.2, -0.15) is 0 Å². The number of anilines is 1. The molecule has 1 aliphatic heterocycles. The second-order valence-corrected chi connectivity index (χ2v) is 4.17. The van der Waals surface area contributed by atoms with E-state index in [4.69, 9.17) is 5.73 Å². The minimum Gasteiger partial charge on any atom is -0.506 e. The largest absolute Gasteiger partial charge is 0.506 e. The Morgan fingerprint density at radius 1 is 1.47 bits per heavy atom. The van der Waals surface area contributed by atoms with Crippen LogP contribution in [0.25, 0.3) is 0 Å². The first-order chi connectivity index (χ1) is 7.31. The summed E-state index contributed by atoms with van der Waals surface area (Å²) >= 11 is 0. The van der Waals surface area contributed by atoms with Crippen LogP contribution < -0.4 is 11.1 Å². The van der Waals surface area contributed by atoms with Gasteiger partial charge in [-0.05, 0) is 43.4 Å². The van der Waals surface area contributed by atoms with Crippen molar-refractivity contribution in [2.45, 2.75) is 19.3 Å². The SMILES string of the molecule is NCCC1CCNc2c(O)cccc2C1. The molecule has 0 spiro atoms. The van der Waals surface area contributed by atoms with Crippen molar-refractivity contribution in [1.82, 2.24) is 0 Å². The number of nitrogens with one attached hydrogen (secondary N) is 1. The monoisotopic (exact) mass is 206 g/mol. The van der Waals surface area contributed by atoms with Crippen LogP contribution in [0.4, 0.5) is 5.69 Å². The Morgan fingerprint density at radius 3 is 3.13 bits per heavy atom. The summed E-state index contributed by atoms with van der Waals surface area (Å²) in [6.07, 6.45) is 3.22. The van der Waals surface area contributed by atoms with E-state index >= 15 is 0 Å². The average Bonchev–Trinajstić information content (AvgIpc) is 2.41. The van der Waals surface area contributed by atoms with Crippen LogP contribution in [-0.2, 0) is 6.42 Å². The molecule has 82 valence electrons. The molecule has 0 bridgehead atoms. The van der Waals surface area contributed by atoms with Crippen molar-refractivity contribution in [3.8, 4) is 5.75 Å². The van der Waals surface area contributed by atoms with Gasteiger partial charge in [0.2, 0.25) is 0 Å². The lowest BCUT2D eigenvalue weighted by Gasteiger charge is -2.12. The molecule has 3 nitrogen and oxygen atoms in total. The van der Waals surface area contributed by atoms with Crippen LogP contribution in [0.2, 0.25) is 0 Å². The van der Waals surface area contributed by atoms with Crippen molar-refractivity contribution in [3.63, 3.8) is 0 Å². The van der Waals surface area contributed by atoms with Crippen molar-refractivity contribution in [3.05, 3.63) is 23.8 Å². The van der Waals surface area contributed by atoms with Crippen LogP contribution in [-0.4, -0.2) is 18.2 Å². The van der Waals surface area contributed by atoms with Crippen molar-refractivity contribution in [1.29, 1.82) is 0 Å². The lowest BCUT2D eigenvalue weighted by Crippen LogP contribution is -2.12. The van der Waals surface area contributed by atoms with Crippen molar-refractivity contribution < 1.29 is 5.11 Å². The van der Waals surface area contributed by atoms with Gasteiger partial charge in [-0.15, -0.1) is 0 Å². The molecular weight excluding hydrogens is 188 g/mol. The molecule has 1 aliphatic rings. The topological polar surface area (TPSA) is 58.3 Å². The number of benzene rings is 1. The van der Waals surface area contributed by atoms with E-state index in [9.17, 15) is 5.11 Å². The van der Waals surface area contributed by atoms with Gasteiger partial charge in [-0.25, -0.2) is 0 Å². The van der Waals surface area contributed by atoms with Crippen LogP contribution in [0.3, 0.4) is 0 Å². The van der Waals surface area contributed by atoms with E-state index in [-0.39, 0.29) is 0 Å². The standard InChI is InChI=1S/C12H18N2O/c13-6-4-9-5-7-14-12-10(8-9)2-1-3-11(12)15/h1-3,9,14-15H,4-8,13H2. The fourth-order valence-electron chi connectivity index (χ4n) is 2.26. The van der Waals surface area contributed by atoms with Gasteiger partial charge in [-0.3, -0.25) is 0 Å². The second-order valence-electron chi connectivity index (χ2n) is 4.17. The van der Waals surface area contributed by atoms with Gasteiger partial charge in [0, 0.05) is 6.54 Å². The summed E-state index contributed by atoms with van der Waals surface area (Å²) in [5.41, 5.74) is 7.72. The maximum atomic E-state index is 9.71. The highest BCUT2D eigenvalue weighted by Gasteiger charge is 2.17. The Labute approximate surface area is 90.3 Å². The Bertz CT molecular complexity index is 338. The second kappa shape index (κ2) is 4.53. The van der Waals surface area contributed by atoms with Crippen molar-refractivity contribution >= 4 is 5.69 Å². The molecule has 0 aromatic heterocycles. The third-order valence-corrected chi connectivity index (χ3v) is 3.07. The first-order valence-corrected chi connectivity index (χ1v) is 5.56. The number of hydrogen-bond donors (Lipinski definition) is 3. The zero-order valence-electron chi connectivity index (χ0n) is 8.87. The quantitative estimate of drug-likeness (QED) is 0.646. The minimum atomic E-state index is 0.362. The lowest BCUT2D eigenvalue weighted by molar-refractivity contribution is 0.472. The molecule has 15 heavy (non-hydrogen) atoms. The molecule has 0 saturated heterocycles. The average molecular weight is 206 g/mol. The Balaban J connectivity index is 2.22. The normalized spacial score (nSPS) is 20.2. The zero-order chi connectivity index (χ0) is 10.7. The number of para-hydroxylation sites is 1. The number of phenolic OH excluding ortho intramolecular Hbond substituents is 1. The Morgan fingerprint density at radius 2 is 2.33 bits per heavy atom. The number of fused-ring (bicyclic) bond motifs is 1. The summed E-state index contributed by atoms with van der Waals surface area (Å²) in [7, 11) is 0. The number of hydrogen-bond acceptors (Lipinski definition) is 3. The smallest absolute Gasteiger partial charge is 0.138 e. The summed E-state index contributed by atoms with van der Waals surface area (Å²) in [6, 6.07) is 5.71. The lowest BCUT2D eigenvalue weighted by atomic mass is 9.94. The fraction of sp³-hybridized carbons (Fsp3) is 0.500. The summed E-state index contributed by atoms with van der Waals surface area (Å²) in [5.74, 6) is 1.01. The molecule has 0 aliphatic carbocycles. The Hall–Kier alpha value is -1.22. The molecule has 4 N–H and O–H groups in total. The molecular formula is C12H18N2O. The number of aromatic hydroxyl groups is 1. The van der Waals surface area contributed by atoms with E-state index in [1.165, 1.54) is 5.56 Å². The third kappa shape index (κ3) is 2.23. The summed E-state index contributed by atoms with van der Waals surface area (Å²) in [4.78, 5) is 0. The van der Waals surface area contributed by atoms with Gasteiger partial charge >= 0.3 is 0 Å². The van der Waals surface area contributed by atoms with E-state index in [0.717, 1.165) is 38.0 Å². The van der Waals surface area contributed by atoms with Crippen LogP contribution in [0.15, 0.2) is 18.2 Å². The molecule has 1 aromatic rings. The highest BCUT2D eigenvalue weighted by Crippen LogP contribution is 2.32. The van der Waals surface area contributed by atoms with Gasteiger partial charge in [-0.1, -0.05) is 12.1 Å². The summed E-state index contributed by atoms with van der Waals surface area (Å²) in [6.45, 7) is 1.67. The predicted octanol–water partition coefficient (Wildman–Crippen LogP) is 1.72. The first-order valence-electron chi connectivity index (χ1n) is 5.56. The molecule has 0 saturated carbocycles. The Kier molecular flexibility index (Phi) is 3.11. The van der Waals surface area contributed by atoms with Gasteiger partial charge in [0.15, 0.2) is 0 Å². The van der Waals surface area contributed by atoms with E-state index < -0.39 is 0 Å². The fourth-order valence-corrected chi connectivity index (χ4v) is 2.26. The van der Waals surface area contributed by atoms with E-state index in [1.54, 1.807) is 6.07 Å². The third-order valence-electron chi connectivity index (χ3n) is 3.07. The van der Waals surface area contributed by atoms with E-state index in [0.29, 0.717) is 11.7 Å². The van der Waals surface area contributed by atoms with E-state index in [1.807, 2.05) is 6.07 Å². The number of nitrogens with two attached hydrogens (primary N) is 1. The van der Waals surface area contributed by atoms with Gasteiger partial charge in [0.1, 0.15) is 5.75 Å². The molecule has 1 aromatic carbocycles. The molecule has 0 radical (unpaired) electrons. The van der Waals surface area contributed by atoms with Crippen LogP contribution in [0.1, 0.15) is 18.4 Å². The molecule has 1 unspecified atom stereocenters. The molecule has 2 rings (SSSR count). The van der Waals surface area contributed by atoms with Gasteiger partial charge in [0.25, 0.3) is 0 Å². The first kappa shape index (κ1) is 10.3. The maximum Gasteiger partial charge on any atom is 0.138 e. The van der Waals surface area contributed by atoms with Crippen molar-refractivity contribution in [2.24, 2.45) is 11.7 Å². The van der Waals surface area contributed by atoms with Crippen LogP contribution in [0, 0.1) is 5.92 Å².